The molecule has 0 spiro atoms. The summed E-state index contributed by atoms with van der Waals surface area (Å²) in [5.41, 5.74) is 4.41. The fraction of sp³-hybridized carbons (Fsp3) is 0.278. The minimum atomic E-state index is -0.420. The molecule has 0 fully saturated rings. The van der Waals surface area contributed by atoms with E-state index < -0.39 is 6.09 Å². The molecule has 0 unspecified atom stereocenters. The third-order valence-corrected chi connectivity index (χ3v) is 3.87. The first kappa shape index (κ1) is 14.6. The number of carbonyl (C=O) groups is 1. The van der Waals surface area contributed by atoms with E-state index in [0.717, 1.165) is 30.8 Å². The van der Waals surface area contributed by atoms with E-state index >= 15 is 0 Å². The van der Waals surface area contributed by atoms with Crippen LogP contribution in [0.2, 0.25) is 0 Å². The van der Waals surface area contributed by atoms with Crippen molar-refractivity contribution in [1.29, 1.82) is 0 Å². The lowest BCUT2D eigenvalue weighted by Crippen LogP contribution is -2.26. The van der Waals surface area contributed by atoms with Crippen molar-refractivity contribution >= 4 is 11.8 Å². The summed E-state index contributed by atoms with van der Waals surface area (Å²) in [5, 5.41) is 2.80. The fourth-order valence-electron chi connectivity index (χ4n) is 2.65. The van der Waals surface area contributed by atoms with Crippen molar-refractivity contribution in [1.82, 2.24) is 4.90 Å². The van der Waals surface area contributed by atoms with Crippen molar-refractivity contribution in [3.63, 3.8) is 0 Å². The lowest BCUT2D eigenvalue weighted by molar-refractivity contribution is 0.155. The third-order valence-electron chi connectivity index (χ3n) is 3.87. The van der Waals surface area contributed by atoms with Crippen molar-refractivity contribution in [2.24, 2.45) is 0 Å². The molecule has 1 heterocycles. The van der Waals surface area contributed by atoms with Gasteiger partial charge in [0, 0.05) is 18.8 Å². The number of fused-ring (bicyclic) bond motifs is 1. The Morgan fingerprint density at radius 3 is 2.82 bits per heavy atom. The highest BCUT2D eigenvalue weighted by molar-refractivity contribution is 5.84. The Morgan fingerprint density at radius 2 is 2.00 bits per heavy atom. The molecule has 1 amide bonds. The molecule has 2 aromatic carbocycles. The van der Waals surface area contributed by atoms with Gasteiger partial charge in [-0.15, -0.1) is 0 Å². The number of amides is 1. The number of benzene rings is 2. The van der Waals surface area contributed by atoms with E-state index in [2.05, 4.69) is 23.3 Å². The van der Waals surface area contributed by atoms with Crippen molar-refractivity contribution in [3.05, 3.63) is 65.2 Å². The van der Waals surface area contributed by atoms with Gasteiger partial charge in [-0.3, -0.25) is 5.32 Å². The summed E-state index contributed by atoms with van der Waals surface area (Å²) in [6.45, 7) is 2.30. The molecule has 114 valence electrons. The predicted octanol–water partition coefficient (Wildman–Crippen LogP) is 3.42. The number of hydrogen-bond acceptors (Lipinski definition) is 3. The number of anilines is 1. The second-order valence-electron chi connectivity index (χ2n) is 5.66. The van der Waals surface area contributed by atoms with Crippen LogP contribution < -0.4 is 5.32 Å². The largest absolute Gasteiger partial charge is 0.444 e. The third kappa shape index (κ3) is 3.65. The molecule has 0 radical (unpaired) electrons. The van der Waals surface area contributed by atoms with Crippen LogP contribution in [0.4, 0.5) is 10.5 Å². The summed E-state index contributed by atoms with van der Waals surface area (Å²) in [5.74, 6) is 0. The van der Waals surface area contributed by atoms with Gasteiger partial charge < -0.3 is 9.64 Å². The second kappa shape index (κ2) is 6.62. The van der Waals surface area contributed by atoms with Crippen LogP contribution in [0.25, 0.3) is 0 Å². The van der Waals surface area contributed by atoms with Crippen LogP contribution >= 0.6 is 0 Å². The number of nitrogens with one attached hydrogen (secondary N) is 1. The topological polar surface area (TPSA) is 41.6 Å². The summed E-state index contributed by atoms with van der Waals surface area (Å²) in [7, 11) is 2.12. The first-order valence-electron chi connectivity index (χ1n) is 7.49. The van der Waals surface area contributed by atoms with E-state index in [-0.39, 0.29) is 6.61 Å². The molecule has 22 heavy (non-hydrogen) atoms. The summed E-state index contributed by atoms with van der Waals surface area (Å²) in [6, 6.07) is 15.7. The Balaban J connectivity index is 1.58. The van der Waals surface area contributed by atoms with Gasteiger partial charge in [0.1, 0.15) is 6.61 Å². The predicted molar refractivity (Wildman–Crippen MR) is 86.7 cm³/mol. The summed E-state index contributed by atoms with van der Waals surface area (Å²) in [4.78, 5) is 14.2. The highest BCUT2D eigenvalue weighted by Crippen LogP contribution is 2.22. The molecule has 1 aliphatic rings. The average molecular weight is 296 g/mol. The SMILES string of the molecule is CN1CCc2cc(NC(=O)OCc3ccccc3)ccc2C1. The highest BCUT2D eigenvalue weighted by Gasteiger charge is 2.14. The van der Waals surface area contributed by atoms with Crippen LogP contribution in [0, 0.1) is 0 Å². The van der Waals surface area contributed by atoms with Crippen LogP contribution in [0.1, 0.15) is 16.7 Å². The zero-order valence-corrected chi connectivity index (χ0v) is 12.7. The zero-order valence-electron chi connectivity index (χ0n) is 12.7. The molecule has 1 aliphatic heterocycles. The van der Waals surface area contributed by atoms with Gasteiger partial charge in [-0.1, -0.05) is 36.4 Å². The van der Waals surface area contributed by atoms with Gasteiger partial charge in [-0.05, 0) is 42.3 Å². The minimum absolute atomic E-state index is 0.280. The molecule has 0 saturated heterocycles. The smallest absolute Gasteiger partial charge is 0.411 e. The van der Waals surface area contributed by atoms with E-state index in [4.69, 9.17) is 4.74 Å². The first-order valence-corrected chi connectivity index (χ1v) is 7.49. The Bertz CT molecular complexity index is 655. The molecule has 0 aliphatic carbocycles. The van der Waals surface area contributed by atoms with Crippen LogP contribution in [0.15, 0.2) is 48.5 Å². The van der Waals surface area contributed by atoms with Crippen LogP contribution in [0.3, 0.4) is 0 Å². The van der Waals surface area contributed by atoms with Gasteiger partial charge >= 0.3 is 6.09 Å². The van der Waals surface area contributed by atoms with E-state index in [1.165, 1.54) is 11.1 Å². The van der Waals surface area contributed by atoms with Gasteiger partial charge in [-0.25, -0.2) is 4.79 Å². The van der Waals surface area contributed by atoms with Gasteiger partial charge in [0.2, 0.25) is 0 Å². The highest BCUT2D eigenvalue weighted by atomic mass is 16.5. The van der Waals surface area contributed by atoms with Crippen molar-refractivity contribution < 1.29 is 9.53 Å². The summed E-state index contributed by atoms with van der Waals surface area (Å²) >= 11 is 0. The lowest BCUT2D eigenvalue weighted by Gasteiger charge is -2.25. The molecule has 0 aromatic heterocycles. The Hall–Kier alpha value is -2.33. The second-order valence-corrected chi connectivity index (χ2v) is 5.66. The minimum Gasteiger partial charge on any atom is -0.444 e. The van der Waals surface area contributed by atoms with Gasteiger partial charge in [0.05, 0.1) is 0 Å². The van der Waals surface area contributed by atoms with Crippen molar-refractivity contribution in [2.75, 3.05) is 18.9 Å². The molecule has 4 nitrogen and oxygen atoms in total. The number of ether oxygens (including phenoxy) is 1. The molecular weight excluding hydrogens is 276 g/mol. The average Bonchev–Trinajstić information content (AvgIpc) is 2.54. The monoisotopic (exact) mass is 296 g/mol. The van der Waals surface area contributed by atoms with Crippen molar-refractivity contribution in [2.45, 2.75) is 19.6 Å². The van der Waals surface area contributed by atoms with Gasteiger partial charge in [0.25, 0.3) is 0 Å². The van der Waals surface area contributed by atoms with Gasteiger partial charge in [0.15, 0.2) is 0 Å². The van der Waals surface area contributed by atoms with Crippen LogP contribution in [0.5, 0.6) is 0 Å². The lowest BCUT2D eigenvalue weighted by atomic mass is 9.99. The fourth-order valence-corrected chi connectivity index (χ4v) is 2.65. The van der Waals surface area contributed by atoms with Crippen LogP contribution in [-0.4, -0.2) is 24.6 Å². The van der Waals surface area contributed by atoms with E-state index in [1.807, 2.05) is 42.5 Å². The molecule has 1 N–H and O–H groups in total. The van der Waals surface area contributed by atoms with Gasteiger partial charge in [-0.2, -0.15) is 0 Å². The number of carbonyl (C=O) groups excluding carboxylic acids is 1. The summed E-state index contributed by atoms with van der Waals surface area (Å²) < 4.78 is 5.23. The number of likely N-dealkylation sites (N-methyl/N-ethyl adjacent to an activating group) is 1. The Labute approximate surface area is 130 Å². The van der Waals surface area contributed by atoms with Crippen molar-refractivity contribution in [3.8, 4) is 0 Å². The van der Waals surface area contributed by atoms with E-state index in [0.29, 0.717) is 0 Å². The van der Waals surface area contributed by atoms with E-state index in [9.17, 15) is 4.79 Å². The quantitative estimate of drug-likeness (QED) is 0.943. The van der Waals surface area contributed by atoms with E-state index in [1.54, 1.807) is 0 Å². The first-order chi connectivity index (χ1) is 10.7. The number of hydrogen-bond donors (Lipinski definition) is 1. The standard InChI is InChI=1S/C18H20N2O2/c1-20-10-9-15-11-17(8-7-16(15)12-20)19-18(21)22-13-14-5-3-2-4-6-14/h2-8,11H,9-10,12-13H2,1H3,(H,19,21). The molecule has 0 bridgehead atoms. The molecule has 0 atom stereocenters. The number of nitrogens with zero attached hydrogens (tertiary/aromatic N) is 1. The number of rotatable bonds is 3. The normalized spacial score (nSPS) is 14.2. The molecule has 2 aromatic rings. The Kier molecular flexibility index (Phi) is 4.39. The maximum atomic E-state index is 11.9. The zero-order chi connectivity index (χ0) is 15.4. The Morgan fingerprint density at radius 1 is 1.18 bits per heavy atom. The maximum Gasteiger partial charge on any atom is 0.411 e. The van der Waals surface area contributed by atoms with Crippen LogP contribution in [-0.2, 0) is 24.3 Å². The molecular formula is C18H20N2O2. The maximum absolute atomic E-state index is 11.9. The molecule has 3 rings (SSSR count). The molecule has 4 heteroatoms. The molecule has 0 saturated carbocycles. The summed E-state index contributed by atoms with van der Waals surface area (Å²) in [6.07, 6.45) is 0.595.